The molecule has 0 fully saturated rings. The van der Waals surface area contributed by atoms with E-state index in [2.05, 4.69) is 5.32 Å². The van der Waals surface area contributed by atoms with Gasteiger partial charge in [-0.15, -0.1) is 0 Å². The van der Waals surface area contributed by atoms with Crippen LogP contribution in [0.5, 0.6) is 0 Å². The van der Waals surface area contributed by atoms with Crippen molar-refractivity contribution >= 4 is 13.9 Å². The smallest absolute Gasteiger partial charge is 0.445 e. The van der Waals surface area contributed by atoms with E-state index in [-0.39, 0.29) is 25.0 Å². The van der Waals surface area contributed by atoms with Gasteiger partial charge < -0.3 is 10.1 Å². The van der Waals surface area contributed by atoms with Gasteiger partial charge in [-0.25, -0.2) is 9.36 Å². The number of rotatable bonds is 13. The van der Waals surface area contributed by atoms with Crippen molar-refractivity contribution in [3.8, 4) is 0 Å². The Morgan fingerprint density at radius 2 is 1.59 bits per heavy atom. The first kappa shape index (κ1) is 23.6. The van der Waals surface area contributed by atoms with Gasteiger partial charge in [0, 0.05) is 6.54 Å². The molecule has 8 heteroatoms. The van der Waals surface area contributed by atoms with Crippen molar-refractivity contribution in [1.29, 1.82) is 0 Å². The second-order valence-corrected chi connectivity index (χ2v) is 8.67. The largest absolute Gasteiger partial charge is 0.474 e. The number of hydrogen-bond acceptors (Lipinski definition) is 6. The molecule has 0 aromatic heterocycles. The monoisotopic (exact) mass is 401 g/mol. The van der Waals surface area contributed by atoms with E-state index in [1.807, 2.05) is 58.0 Å². The number of phosphoric ester groups is 1. The SMILES string of the molecule is CC(C)COP(=O)(OCCCNC(=O)OCc1ccccc1)OCC(C)C. The first-order valence-corrected chi connectivity index (χ1v) is 10.7. The minimum Gasteiger partial charge on any atom is -0.445 e. The maximum Gasteiger partial charge on any atom is 0.474 e. The van der Waals surface area contributed by atoms with E-state index in [4.69, 9.17) is 18.3 Å². The zero-order valence-electron chi connectivity index (χ0n) is 16.7. The summed E-state index contributed by atoms with van der Waals surface area (Å²) in [5, 5.41) is 2.63. The van der Waals surface area contributed by atoms with Crippen molar-refractivity contribution in [3.63, 3.8) is 0 Å². The number of benzene rings is 1. The number of amides is 1. The van der Waals surface area contributed by atoms with Gasteiger partial charge in [-0.05, 0) is 23.8 Å². The molecule has 0 unspecified atom stereocenters. The van der Waals surface area contributed by atoms with Crippen molar-refractivity contribution in [3.05, 3.63) is 35.9 Å². The van der Waals surface area contributed by atoms with Crippen LogP contribution in [0, 0.1) is 11.8 Å². The zero-order valence-corrected chi connectivity index (χ0v) is 17.6. The van der Waals surface area contributed by atoms with E-state index in [9.17, 15) is 9.36 Å². The molecular weight excluding hydrogens is 369 g/mol. The molecule has 0 heterocycles. The lowest BCUT2D eigenvalue weighted by Gasteiger charge is -2.20. The molecule has 7 nitrogen and oxygen atoms in total. The molecule has 1 amide bonds. The summed E-state index contributed by atoms with van der Waals surface area (Å²) in [5.41, 5.74) is 0.918. The lowest BCUT2D eigenvalue weighted by molar-refractivity contribution is 0.0946. The fourth-order valence-corrected chi connectivity index (χ4v) is 3.34. The van der Waals surface area contributed by atoms with Gasteiger partial charge >= 0.3 is 13.9 Å². The quantitative estimate of drug-likeness (QED) is 0.379. The number of phosphoric acid groups is 1. The number of carbonyl (C=O) groups excluding carboxylic acids is 1. The fraction of sp³-hybridized carbons (Fsp3) is 0.632. The number of carbonyl (C=O) groups is 1. The van der Waals surface area contributed by atoms with Gasteiger partial charge in [0.05, 0.1) is 19.8 Å². The molecule has 0 saturated carbocycles. The molecule has 0 bridgehead atoms. The highest BCUT2D eigenvalue weighted by molar-refractivity contribution is 7.48. The molecule has 0 saturated heterocycles. The summed E-state index contributed by atoms with van der Waals surface area (Å²) in [6.07, 6.45) is -0.0466. The fourth-order valence-electron chi connectivity index (χ4n) is 1.81. The molecule has 1 aromatic carbocycles. The summed E-state index contributed by atoms with van der Waals surface area (Å²) in [4.78, 5) is 11.7. The van der Waals surface area contributed by atoms with E-state index in [1.165, 1.54) is 0 Å². The molecule has 154 valence electrons. The van der Waals surface area contributed by atoms with Crippen LogP contribution in [-0.2, 0) is 29.5 Å². The van der Waals surface area contributed by atoms with E-state index in [0.717, 1.165) is 5.56 Å². The summed E-state index contributed by atoms with van der Waals surface area (Å²) in [5.74, 6) is 0.427. The van der Waals surface area contributed by atoms with Crippen molar-refractivity contribution in [1.82, 2.24) is 5.32 Å². The highest BCUT2D eigenvalue weighted by atomic mass is 31.2. The van der Waals surface area contributed by atoms with Gasteiger partial charge in [0.15, 0.2) is 0 Å². The number of nitrogens with one attached hydrogen (secondary N) is 1. The third kappa shape index (κ3) is 11.8. The first-order chi connectivity index (χ1) is 12.8. The predicted molar refractivity (Wildman–Crippen MR) is 104 cm³/mol. The summed E-state index contributed by atoms with van der Waals surface area (Å²) >= 11 is 0. The Labute approximate surface area is 162 Å². The summed E-state index contributed by atoms with van der Waals surface area (Å²) < 4.78 is 33.8. The van der Waals surface area contributed by atoms with Crippen LogP contribution in [0.25, 0.3) is 0 Å². The van der Waals surface area contributed by atoms with E-state index >= 15 is 0 Å². The normalized spacial score (nSPS) is 11.8. The third-order valence-electron chi connectivity index (χ3n) is 3.18. The summed E-state index contributed by atoms with van der Waals surface area (Å²) in [7, 11) is -3.59. The average Bonchev–Trinajstić information content (AvgIpc) is 2.64. The van der Waals surface area contributed by atoms with E-state index in [0.29, 0.717) is 26.2 Å². The van der Waals surface area contributed by atoms with Gasteiger partial charge in [0.25, 0.3) is 0 Å². The number of alkyl carbamates (subject to hydrolysis) is 1. The number of ether oxygens (including phenoxy) is 1. The van der Waals surface area contributed by atoms with Crippen molar-refractivity contribution in [2.24, 2.45) is 11.8 Å². The predicted octanol–water partition coefficient (Wildman–Crippen LogP) is 4.77. The van der Waals surface area contributed by atoms with Crippen molar-refractivity contribution < 1.29 is 27.7 Å². The summed E-state index contributed by atoms with van der Waals surface area (Å²) in [6.45, 7) is 9.10. The maximum absolute atomic E-state index is 12.6. The number of hydrogen-bond donors (Lipinski definition) is 1. The Morgan fingerprint density at radius 3 is 2.15 bits per heavy atom. The molecule has 1 aromatic rings. The molecule has 0 aliphatic heterocycles. The van der Waals surface area contributed by atoms with Crippen LogP contribution < -0.4 is 5.32 Å². The second-order valence-electron chi connectivity index (χ2n) is 7.00. The highest BCUT2D eigenvalue weighted by Crippen LogP contribution is 2.50. The molecular formula is C19H32NO6P. The molecule has 1 N–H and O–H groups in total. The molecule has 0 aliphatic rings. The molecule has 0 aliphatic carbocycles. The van der Waals surface area contributed by atoms with Gasteiger partial charge in [-0.3, -0.25) is 13.6 Å². The van der Waals surface area contributed by atoms with E-state index < -0.39 is 13.9 Å². The van der Waals surface area contributed by atoms with Crippen LogP contribution in [0.15, 0.2) is 30.3 Å². The summed E-state index contributed by atoms with van der Waals surface area (Å²) in [6, 6.07) is 9.43. The van der Waals surface area contributed by atoms with Gasteiger partial charge in [-0.2, -0.15) is 0 Å². The van der Waals surface area contributed by atoms with Crippen LogP contribution >= 0.6 is 7.82 Å². The minimum absolute atomic E-state index is 0.145. The molecule has 27 heavy (non-hydrogen) atoms. The molecule has 0 atom stereocenters. The lowest BCUT2D eigenvalue weighted by Crippen LogP contribution is -2.26. The van der Waals surface area contributed by atoms with Crippen LogP contribution in [-0.4, -0.2) is 32.5 Å². The Balaban J connectivity index is 2.25. The standard InChI is InChI=1S/C19H32NO6P/c1-16(2)13-25-27(22,26-14-17(3)4)24-12-8-11-20-19(21)23-15-18-9-6-5-7-10-18/h5-7,9-10,16-17H,8,11-15H2,1-4H3,(H,20,21). The van der Waals surface area contributed by atoms with Crippen LogP contribution in [0.3, 0.4) is 0 Å². The van der Waals surface area contributed by atoms with Crippen molar-refractivity contribution in [2.75, 3.05) is 26.4 Å². The topological polar surface area (TPSA) is 83.1 Å². The van der Waals surface area contributed by atoms with Gasteiger partial charge in [0.2, 0.25) is 0 Å². The Morgan fingerprint density at radius 1 is 1.00 bits per heavy atom. The van der Waals surface area contributed by atoms with Gasteiger partial charge in [0.1, 0.15) is 6.61 Å². The third-order valence-corrected chi connectivity index (χ3v) is 4.61. The average molecular weight is 401 g/mol. The minimum atomic E-state index is -3.59. The van der Waals surface area contributed by atoms with Crippen LogP contribution in [0.2, 0.25) is 0 Å². The Bertz CT molecular complexity index is 563. The van der Waals surface area contributed by atoms with Crippen molar-refractivity contribution in [2.45, 2.75) is 40.7 Å². The maximum atomic E-state index is 12.6. The Hall–Kier alpha value is -1.40. The molecule has 1 rings (SSSR count). The van der Waals surface area contributed by atoms with Crippen LogP contribution in [0.4, 0.5) is 4.79 Å². The second kappa shape index (κ2) is 12.9. The highest BCUT2D eigenvalue weighted by Gasteiger charge is 2.27. The molecule has 0 spiro atoms. The zero-order chi connectivity index (χ0) is 20.1. The van der Waals surface area contributed by atoms with Crippen LogP contribution in [0.1, 0.15) is 39.7 Å². The van der Waals surface area contributed by atoms with Gasteiger partial charge in [-0.1, -0.05) is 58.0 Å². The first-order valence-electron chi connectivity index (χ1n) is 9.29. The van der Waals surface area contributed by atoms with E-state index in [1.54, 1.807) is 0 Å². The Kier molecular flexibility index (Phi) is 11.3. The molecule has 0 radical (unpaired) electrons. The lowest BCUT2D eigenvalue weighted by atomic mass is 10.2.